The Balaban J connectivity index is 4.18. The first-order chi connectivity index (χ1) is 7.34. The van der Waals surface area contributed by atoms with Crippen molar-refractivity contribution < 1.29 is 14.7 Å². The first-order valence-corrected chi connectivity index (χ1v) is 5.59. The lowest BCUT2D eigenvalue weighted by Gasteiger charge is -2.30. The highest BCUT2D eigenvalue weighted by atomic mass is 16.4. The Hall–Kier alpha value is -1.26. The third-order valence-corrected chi connectivity index (χ3v) is 2.98. The summed E-state index contributed by atoms with van der Waals surface area (Å²) in [5, 5.41) is 11.4. The molecule has 16 heavy (non-hydrogen) atoms. The number of urea groups is 1. The molecule has 5 heteroatoms. The topological polar surface area (TPSA) is 69.6 Å². The summed E-state index contributed by atoms with van der Waals surface area (Å²) >= 11 is 0. The van der Waals surface area contributed by atoms with Crippen LogP contribution in [-0.4, -0.2) is 41.1 Å². The van der Waals surface area contributed by atoms with Crippen LogP contribution in [0.2, 0.25) is 0 Å². The molecular weight excluding hydrogens is 208 g/mol. The first kappa shape index (κ1) is 14.7. The van der Waals surface area contributed by atoms with E-state index in [4.69, 9.17) is 5.11 Å². The number of carboxylic acid groups (broad SMARTS) is 1. The molecule has 0 saturated heterocycles. The van der Waals surface area contributed by atoms with Crippen LogP contribution in [0.4, 0.5) is 4.79 Å². The van der Waals surface area contributed by atoms with Gasteiger partial charge in [-0.05, 0) is 19.8 Å². The van der Waals surface area contributed by atoms with E-state index in [1.165, 1.54) is 4.90 Å². The van der Waals surface area contributed by atoms with E-state index in [9.17, 15) is 9.59 Å². The Morgan fingerprint density at radius 1 is 1.31 bits per heavy atom. The molecule has 0 unspecified atom stereocenters. The highest BCUT2D eigenvalue weighted by Gasteiger charge is 2.23. The minimum atomic E-state index is -0.895. The van der Waals surface area contributed by atoms with Crippen LogP contribution in [0, 0.1) is 0 Å². The summed E-state index contributed by atoms with van der Waals surface area (Å²) < 4.78 is 0. The molecule has 0 heterocycles. The van der Waals surface area contributed by atoms with Gasteiger partial charge in [-0.1, -0.05) is 13.8 Å². The molecule has 5 nitrogen and oxygen atoms in total. The quantitative estimate of drug-likeness (QED) is 0.729. The van der Waals surface area contributed by atoms with E-state index in [1.807, 2.05) is 20.8 Å². The second-order valence-corrected chi connectivity index (χ2v) is 4.26. The van der Waals surface area contributed by atoms with Gasteiger partial charge in [0.25, 0.3) is 0 Å². The molecule has 0 fully saturated rings. The third kappa shape index (κ3) is 5.00. The summed E-state index contributed by atoms with van der Waals surface area (Å²) in [5.74, 6) is -0.895. The molecule has 2 amide bonds. The second-order valence-electron chi connectivity index (χ2n) is 4.26. The van der Waals surface area contributed by atoms with Gasteiger partial charge < -0.3 is 15.3 Å². The number of rotatable bonds is 6. The van der Waals surface area contributed by atoms with Crippen molar-refractivity contribution in [2.45, 2.75) is 45.6 Å². The number of aliphatic carboxylic acids is 1. The molecule has 94 valence electrons. The van der Waals surface area contributed by atoms with Crippen molar-refractivity contribution in [3.63, 3.8) is 0 Å². The fraction of sp³-hybridized carbons (Fsp3) is 0.818. The Kier molecular flexibility index (Phi) is 5.85. The molecule has 0 aromatic carbocycles. The standard InChI is InChI=1S/C11H22N2O3/c1-5-11(3,6-2)12-10(16)13(4)8-7-9(14)15/h5-8H2,1-4H3,(H,12,16)(H,14,15). The molecule has 0 aliphatic heterocycles. The van der Waals surface area contributed by atoms with Crippen molar-refractivity contribution >= 4 is 12.0 Å². The molecule has 0 rings (SSSR count). The van der Waals surface area contributed by atoms with E-state index >= 15 is 0 Å². The van der Waals surface area contributed by atoms with Crippen molar-refractivity contribution in [3.05, 3.63) is 0 Å². The van der Waals surface area contributed by atoms with Gasteiger partial charge in [0.1, 0.15) is 0 Å². The first-order valence-electron chi connectivity index (χ1n) is 5.59. The zero-order valence-electron chi connectivity index (χ0n) is 10.5. The van der Waals surface area contributed by atoms with Gasteiger partial charge in [0.2, 0.25) is 0 Å². The normalized spacial score (nSPS) is 11.0. The molecule has 0 atom stereocenters. The number of amides is 2. The van der Waals surface area contributed by atoms with Gasteiger partial charge >= 0.3 is 12.0 Å². The van der Waals surface area contributed by atoms with Gasteiger partial charge in [-0.25, -0.2) is 4.79 Å². The molecular formula is C11H22N2O3. The summed E-state index contributed by atoms with van der Waals surface area (Å²) in [5.41, 5.74) is -0.214. The van der Waals surface area contributed by atoms with E-state index in [0.29, 0.717) is 0 Å². The van der Waals surface area contributed by atoms with E-state index in [2.05, 4.69) is 5.32 Å². The van der Waals surface area contributed by atoms with Crippen molar-refractivity contribution in [1.29, 1.82) is 0 Å². The smallest absolute Gasteiger partial charge is 0.317 e. The lowest BCUT2D eigenvalue weighted by atomic mass is 9.96. The van der Waals surface area contributed by atoms with Crippen LogP contribution in [0.3, 0.4) is 0 Å². The van der Waals surface area contributed by atoms with Crippen LogP contribution < -0.4 is 5.32 Å². The number of carbonyl (C=O) groups is 2. The maximum Gasteiger partial charge on any atom is 0.317 e. The molecule has 0 aromatic rings. The molecule has 0 aromatic heterocycles. The van der Waals surface area contributed by atoms with Gasteiger partial charge in [-0.15, -0.1) is 0 Å². The van der Waals surface area contributed by atoms with E-state index in [0.717, 1.165) is 12.8 Å². The molecule has 0 aliphatic carbocycles. The van der Waals surface area contributed by atoms with Crippen LogP contribution in [-0.2, 0) is 4.79 Å². The summed E-state index contributed by atoms with van der Waals surface area (Å²) in [4.78, 5) is 23.5. The molecule has 0 bridgehead atoms. The molecule has 0 saturated carbocycles. The predicted molar refractivity (Wildman–Crippen MR) is 62.4 cm³/mol. The van der Waals surface area contributed by atoms with Gasteiger partial charge in [0.05, 0.1) is 6.42 Å². The third-order valence-electron chi connectivity index (χ3n) is 2.98. The zero-order chi connectivity index (χ0) is 12.8. The van der Waals surface area contributed by atoms with Crippen LogP contribution >= 0.6 is 0 Å². The number of hydrogen-bond donors (Lipinski definition) is 2. The zero-order valence-corrected chi connectivity index (χ0v) is 10.5. The van der Waals surface area contributed by atoms with Crippen LogP contribution in [0.15, 0.2) is 0 Å². The molecule has 0 aliphatic rings. The fourth-order valence-corrected chi connectivity index (χ4v) is 1.15. The van der Waals surface area contributed by atoms with Crippen LogP contribution in [0.1, 0.15) is 40.0 Å². The van der Waals surface area contributed by atoms with Gasteiger partial charge in [0.15, 0.2) is 0 Å². The van der Waals surface area contributed by atoms with Gasteiger partial charge in [-0.3, -0.25) is 4.79 Å². The second kappa shape index (κ2) is 6.35. The average Bonchev–Trinajstić information content (AvgIpc) is 2.25. The largest absolute Gasteiger partial charge is 0.481 e. The highest BCUT2D eigenvalue weighted by molar-refractivity contribution is 5.75. The summed E-state index contributed by atoms with van der Waals surface area (Å²) in [6.45, 7) is 6.24. The van der Waals surface area contributed by atoms with Crippen molar-refractivity contribution in [1.82, 2.24) is 10.2 Å². The SMILES string of the molecule is CCC(C)(CC)NC(=O)N(C)CCC(=O)O. The van der Waals surface area contributed by atoms with Crippen LogP contribution in [0.25, 0.3) is 0 Å². The van der Waals surface area contributed by atoms with Crippen molar-refractivity contribution in [2.24, 2.45) is 0 Å². The predicted octanol–water partition coefficient (Wildman–Crippen LogP) is 1.68. The lowest BCUT2D eigenvalue weighted by molar-refractivity contribution is -0.137. The Morgan fingerprint density at radius 2 is 1.81 bits per heavy atom. The summed E-state index contributed by atoms with van der Waals surface area (Å²) in [7, 11) is 1.60. The minimum absolute atomic E-state index is 0.0289. The Morgan fingerprint density at radius 3 is 2.19 bits per heavy atom. The number of hydrogen-bond acceptors (Lipinski definition) is 2. The molecule has 0 spiro atoms. The van der Waals surface area contributed by atoms with Gasteiger partial charge in [-0.2, -0.15) is 0 Å². The average molecular weight is 230 g/mol. The van der Waals surface area contributed by atoms with Crippen LogP contribution in [0.5, 0.6) is 0 Å². The maximum atomic E-state index is 11.7. The van der Waals surface area contributed by atoms with E-state index in [1.54, 1.807) is 7.05 Å². The number of carboxylic acids is 1. The fourth-order valence-electron chi connectivity index (χ4n) is 1.15. The monoisotopic (exact) mass is 230 g/mol. The Labute approximate surface area is 96.8 Å². The molecule has 2 N–H and O–H groups in total. The molecule has 0 radical (unpaired) electrons. The lowest BCUT2D eigenvalue weighted by Crippen LogP contribution is -2.50. The Bertz CT molecular complexity index is 250. The maximum absolute atomic E-state index is 11.7. The summed E-state index contributed by atoms with van der Waals surface area (Å²) in [6, 6.07) is -0.215. The van der Waals surface area contributed by atoms with E-state index < -0.39 is 5.97 Å². The minimum Gasteiger partial charge on any atom is -0.481 e. The number of nitrogens with zero attached hydrogens (tertiary/aromatic N) is 1. The van der Waals surface area contributed by atoms with Crippen molar-refractivity contribution in [2.75, 3.05) is 13.6 Å². The number of carbonyl (C=O) groups excluding carboxylic acids is 1. The summed E-state index contributed by atoms with van der Waals surface area (Å²) in [6.07, 6.45) is 1.67. The number of nitrogens with one attached hydrogen (secondary N) is 1. The van der Waals surface area contributed by atoms with E-state index in [-0.39, 0.29) is 24.5 Å². The van der Waals surface area contributed by atoms with Gasteiger partial charge in [0, 0.05) is 19.1 Å². The van der Waals surface area contributed by atoms with Crippen molar-refractivity contribution in [3.8, 4) is 0 Å². The highest BCUT2D eigenvalue weighted by Crippen LogP contribution is 2.13.